The van der Waals surface area contributed by atoms with Crippen molar-refractivity contribution in [3.63, 3.8) is 0 Å². The Bertz CT molecular complexity index is 465. The number of nitrogens with one attached hydrogen (secondary N) is 1. The quantitative estimate of drug-likeness (QED) is 0.865. The Morgan fingerprint density at radius 2 is 1.87 bits per heavy atom. The van der Waals surface area contributed by atoms with Crippen LogP contribution >= 0.6 is 0 Å². The molecule has 0 aromatic rings. The molecule has 1 heterocycles. The molecule has 1 unspecified atom stereocenters. The van der Waals surface area contributed by atoms with E-state index in [0.29, 0.717) is 25.0 Å². The predicted octanol–water partition coefficient (Wildman–Crippen LogP) is 2.44. The molecule has 1 atom stereocenters. The third-order valence-electron chi connectivity index (χ3n) is 5.39. The number of amides is 2. The Labute approximate surface area is 139 Å². The molecule has 1 aliphatic heterocycles. The molecule has 5 nitrogen and oxygen atoms in total. The molecule has 2 amide bonds. The Morgan fingerprint density at radius 1 is 1.22 bits per heavy atom. The Kier molecular flexibility index (Phi) is 4.68. The standard InChI is InChI=1S/C18H30N2O3/c1-12(2)10-16(21)20-15(17(22)19-14-4-5-14)11-23-18(20)8-6-13(3)7-9-18/h12-15H,4-11H2,1-3H3,(H,19,22). The van der Waals surface area contributed by atoms with Crippen molar-refractivity contribution in [1.29, 1.82) is 0 Å². The molecule has 2 saturated carbocycles. The van der Waals surface area contributed by atoms with E-state index in [4.69, 9.17) is 4.74 Å². The highest BCUT2D eigenvalue weighted by Crippen LogP contribution is 2.43. The lowest BCUT2D eigenvalue weighted by molar-refractivity contribution is -0.162. The van der Waals surface area contributed by atoms with Gasteiger partial charge < -0.3 is 10.1 Å². The number of carbonyl (C=O) groups excluding carboxylic acids is 2. The minimum atomic E-state index is -0.538. The molecule has 3 rings (SSSR count). The minimum absolute atomic E-state index is 0.0277. The largest absolute Gasteiger partial charge is 0.353 e. The summed E-state index contributed by atoms with van der Waals surface area (Å²) in [5.74, 6) is 1.00. The van der Waals surface area contributed by atoms with Gasteiger partial charge in [0.2, 0.25) is 11.8 Å². The molecule has 3 aliphatic rings. The molecular weight excluding hydrogens is 292 g/mol. The van der Waals surface area contributed by atoms with E-state index in [1.807, 2.05) is 18.7 Å². The number of rotatable bonds is 4. The van der Waals surface area contributed by atoms with Crippen LogP contribution in [-0.2, 0) is 14.3 Å². The molecule has 1 spiro atoms. The fraction of sp³-hybridized carbons (Fsp3) is 0.889. The summed E-state index contributed by atoms with van der Waals surface area (Å²) in [5, 5.41) is 3.05. The first-order valence-corrected chi connectivity index (χ1v) is 9.18. The predicted molar refractivity (Wildman–Crippen MR) is 87.6 cm³/mol. The van der Waals surface area contributed by atoms with Crippen molar-refractivity contribution < 1.29 is 14.3 Å². The van der Waals surface area contributed by atoms with E-state index in [9.17, 15) is 9.59 Å². The van der Waals surface area contributed by atoms with E-state index in [1.165, 1.54) is 0 Å². The molecule has 0 aromatic carbocycles. The maximum absolute atomic E-state index is 12.9. The van der Waals surface area contributed by atoms with Crippen molar-refractivity contribution in [3.8, 4) is 0 Å². The van der Waals surface area contributed by atoms with Gasteiger partial charge in [-0.25, -0.2) is 0 Å². The number of hydrogen-bond acceptors (Lipinski definition) is 3. The van der Waals surface area contributed by atoms with Crippen molar-refractivity contribution in [2.24, 2.45) is 11.8 Å². The summed E-state index contributed by atoms with van der Waals surface area (Å²) in [6.45, 7) is 6.68. The average Bonchev–Trinajstić information content (AvgIpc) is 3.21. The summed E-state index contributed by atoms with van der Waals surface area (Å²) in [6, 6.07) is -0.136. The number of ether oxygens (including phenoxy) is 1. The van der Waals surface area contributed by atoms with Gasteiger partial charge in [-0.1, -0.05) is 20.8 Å². The van der Waals surface area contributed by atoms with Gasteiger partial charge in [0.05, 0.1) is 6.61 Å². The van der Waals surface area contributed by atoms with Crippen molar-refractivity contribution in [2.75, 3.05) is 6.61 Å². The van der Waals surface area contributed by atoms with E-state index in [-0.39, 0.29) is 17.7 Å². The Balaban J connectivity index is 1.78. The monoisotopic (exact) mass is 322 g/mol. The fourth-order valence-electron chi connectivity index (χ4n) is 3.83. The second-order valence-corrected chi connectivity index (χ2v) is 8.10. The molecular formula is C18H30N2O3. The third-order valence-corrected chi connectivity index (χ3v) is 5.39. The van der Waals surface area contributed by atoms with Crippen LogP contribution in [0.15, 0.2) is 0 Å². The lowest BCUT2D eigenvalue weighted by Gasteiger charge is -2.43. The van der Waals surface area contributed by atoms with Crippen LogP contribution in [0.1, 0.15) is 65.7 Å². The SMILES string of the molecule is CC(C)CC(=O)N1C(C(=O)NC2CC2)COC12CCC(C)CC2. The van der Waals surface area contributed by atoms with Gasteiger partial charge in [-0.3, -0.25) is 14.5 Å². The fourth-order valence-corrected chi connectivity index (χ4v) is 3.83. The van der Waals surface area contributed by atoms with E-state index in [1.54, 1.807) is 0 Å². The smallest absolute Gasteiger partial charge is 0.245 e. The summed E-state index contributed by atoms with van der Waals surface area (Å²) in [7, 11) is 0. The normalized spacial score (nSPS) is 34.2. The van der Waals surface area contributed by atoms with Gasteiger partial charge >= 0.3 is 0 Å². The van der Waals surface area contributed by atoms with Gasteiger partial charge in [0.25, 0.3) is 0 Å². The minimum Gasteiger partial charge on any atom is -0.353 e. The van der Waals surface area contributed by atoms with Crippen LogP contribution in [0.25, 0.3) is 0 Å². The summed E-state index contributed by atoms with van der Waals surface area (Å²) in [5.41, 5.74) is -0.538. The van der Waals surface area contributed by atoms with Crippen LogP contribution in [0, 0.1) is 11.8 Å². The van der Waals surface area contributed by atoms with E-state index >= 15 is 0 Å². The van der Waals surface area contributed by atoms with E-state index < -0.39 is 11.8 Å². The second kappa shape index (κ2) is 6.42. The van der Waals surface area contributed by atoms with Crippen LogP contribution in [0.4, 0.5) is 0 Å². The summed E-state index contributed by atoms with van der Waals surface area (Å²) >= 11 is 0. The van der Waals surface area contributed by atoms with Crippen LogP contribution in [0.5, 0.6) is 0 Å². The molecule has 1 N–H and O–H groups in total. The second-order valence-electron chi connectivity index (χ2n) is 8.10. The number of carbonyl (C=O) groups is 2. The van der Waals surface area contributed by atoms with Gasteiger partial charge in [0.1, 0.15) is 11.8 Å². The molecule has 2 aliphatic carbocycles. The molecule has 0 aromatic heterocycles. The highest BCUT2D eigenvalue weighted by Gasteiger charge is 2.53. The zero-order valence-corrected chi connectivity index (χ0v) is 14.6. The molecule has 5 heteroatoms. The van der Waals surface area contributed by atoms with Crippen LogP contribution < -0.4 is 5.32 Å². The van der Waals surface area contributed by atoms with Crippen LogP contribution in [-0.4, -0.2) is 41.1 Å². The maximum Gasteiger partial charge on any atom is 0.245 e. The van der Waals surface area contributed by atoms with Gasteiger partial charge in [-0.2, -0.15) is 0 Å². The molecule has 23 heavy (non-hydrogen) atoms. The summed E-state index contributed by atoms with van der Waals surface area (Å²) in [6.07, 6.45) is 6.42. The van der Waals surface area contributed by atoms with Gasteiger partial charge in [-0.15, -0.1) is 0 Å². The molecule has 0 radical (unpaired) electrons. The van der Waals surface area contributed by atoms with Gasteiger partial charge in [0, 0.05) is 12.5 Å². The first-order chi connectivity index (χ1) is 10.9. The van der Waals surface area contributed by atoms with Crippen LogP contribution in [0.3, 0.4) is 0 Å². The molecule has 130 valence electrons. The zero-order valence-electron chi connectivity index (χ0n) is 14.6. The summed E-state index contributed by atoms with van der Waals surface area (Å²) < 4.78 is 6.13. The van der Waals surface area contributed by atoms with Crippen molar-refractivity contribution in [3.05, 3.63) is 0 Å². The van der Waals surface area contributed by atoms with Gasteiger partial charge in [0.15, 0.2) is 0 Å². The lowest BCUT2D eigenvalue weighted by Crippen LogP contribution is -2.57. The molecule has 1 saturated heterocycles. The van der Waals surface area contributed by atoms with Crippen LogP contribution in [0.2, 0.25) is 0 Å². The maximum atomic E-state index is 12.9. The summed E-state index contributed by atoms with van der Waals surface area (Å²) in [4.78, 5) is 27.3. The average molecular weight is 322 g/mol. The highest BCUT2D eigenvalue weighted by atomic mass is 16.5. The Hall–Kier alpha value is -1.10. The van der Waals surface area contributed by atoms with Crippen molar-refractivity contribution in [1.82, 2.24) is 10.2 Å². The first-order valence-electron chi connectivity index (χ1n) is 9.18. The lowest BCUT2D eigenvalue weighted by atomic mass is 9.83. The zero-order chi connectivity index (χ0) is 16.6. The first kappa shape index (κ1) is 16.7. The third kappa shape index (κ3) is 3.54. The van der Waals surface area contributed by atoms with Crippen molar-refractivity contribution >= 4 is 11.8 Å². The number of hydrogen-bond donors (Lipinski definition) is 1. The highest BCUT2D eigenvalue weighted by molar-refractivity contribution is 5.89. The molecule has 0 bridgehead atoms. The molecule has 3 fully saturated rings. The van der Waals surface area contributed by atoms with Crippen molar-refractivity contribution in [2.45, 2.75) is 83.5 Å². The number of nitrogens with zero attached hydrogens (tertiary/aromatic N) is 1. The Morgan fingerprint density at radius 3 is 2.43 bits per heavy atom. The van der Waals surface area contributed by atoms with Gasteiger partial charge in [-0.05, 0) is 50.4 Å². The van der Waals surface area contributed by atoms with E-state index in [2.05, 4.69) is 12.2 Å². The topological polar surface area (TPSA) is 58.6 Å². The van der Waals surface area contributed by atoms with E-state index in [0.717, 1.165) is 38.5 Å².